The number of hydrogen-bond donors (Lipinski definition) is 1. The number of aromatic nitrogens is 1. The van der Waals surface area contributed by atoms with Crippen LogP contribution in [-0.4, -0.2) is 70.6 Å². The number of benzene rings is 1. The second-order valence-corrected chi connectivity index (χ2v) is 8.46. The lowest BCUT2D eigenvalue weighted by Gasteiger charge is -2.37. The van der Waals surface area contributed by atoms with E-state index in [1.165, 1.54) is 6.92 Å². The van der Waals surface area contributed by atoms with Crippen LogP contribution in [0.2, 0.25) is 0 Å². The first-order valence-electron chi connectivity index (χ1n) is 10.6. The van der Waals surface area contributed by atoms with Crippen LogP contribution < -0.4 is 4.74 Å². The lowest BCUT2D eigenvalue weighted by atomic mass is 9.99. The second kappa shape index (κ2) is 9.47. The van der Waals surface area contributed by atoms with Gasteiger partial charge in [-0.1, -0.05) is 36.8 Å². The van der Waals surface area contributed by atoms with Crippen LogP contribution in [0, 0.1) is 12.8 Å². The molecule has 0 bridgehead atoms. The predicted octanol–water partition coefficient (Wildman–Crippen LogP) is 2.76. The molecule has 0 spiro atoms. The molecule has 0 radical (unpaired) electrons. The first-order valence-corrected chi connectivity index (χ1v) is 10.6. The Balaban J connectivity index is 2.05. The Bertz CT molecular complexity index is 944. The summed E-state index contributed by atoms with van der Waals surface area (Å²) in [6.07, 6.45) is 1.36. The zero-order valence-corrected chi connectivity index (χ0v) is 18.8. The summed E-state index contributed by atoms with van der Waals surface area (Å²) in [5.74, 6) is -0.0865. The van der Waals surface area contributed by atoms with E-state index < -0.39 is 0 Å². The van der Waals surface area contributed by atoms with Gasteiger partial charge in [0.25, 0.3) is 5.91 Å². The van der Waals surface area contributed by atoms with Gasteiger partial charge in [-0.3, -0.25) is 9.59 Å². The molecule has 1 N–H and O–H groups in total. The molecule has 0 fully saturated rings. The Morgan fingerprint density at radius 3 is 2.61 bits per heavy atom. The van der Waals surface area contributed by atoms with E-state index in [0.717, 1.165) is 16.7 Å². The number of aryl methyl sites for hydroxylation is 1. The molecule has 0 saturated carbocycles. The molecule has 7 nitrogen and oxygen atoms in total. The van der Waals surface area contributed by atoms with E-state index >= 15 is 0 Å². The topological polar surface area (TPSA) is 83.0 Å². The van der Waals surface area contributed by atoms with Gasteiger partial charge in [-0.05, 0) is 25.5 Å². The summed E-state index contributed by atoms with van der Waals surface area (Å²) in [5.41, 5.74) is 3.29. The van der Waals surface area contributed by atoms with Gasteiger partial charge in [0.15, 0.2) is 0 Å². The summed E-state index contributed by atoms with van der Waals surface area (Å²) >= 11 is 0. The molecule has 1 aromatic carbocycles. The molecule has 166 valence electrons. The lowest BCUT2D eigenvalue weighted by Crippen LogP contribution is -2.50. The van der Waals surface area contributed by atoms with Crippen molar-refractivity contribution in [2.75, 3.05) is 26.7 Å². The number of nitrogens with zero attached hydrogens (tertiary/aromatic N) is 3. The third-order valence-electron chi connectivity index (χ3n) is 5.90. The van der Waals surface area contributed by atoms with Crippen molar-refractivity contribution >= 4 is 11.8 Å². The van der Waals surface area contributed by atoms with Gasteiger partial charge in [-0.2, -0.15) is 0 Å². The minimum Gasteiger partial charge on any atom is -0.472 e. The number of hydrogen-bond acceptors (Lipinski definition) is 5. The molecule has 0 saturated heterocycles. The molecular weight excluding hydrogens is 394 g/mol. The van der Waals surface area contributed by atoms with Crippen molar-refractivity contribution in [3.8, 4) is 17.0 Å². The third-order valence-corrected chi connectivity index (χ3v) is 5.90. The fraction of sp³-hybridized carbons (Fsp3) is 0.458. The number of carbonyl (C=O) groups is 2. The largest absolute Gasteiger partial charge is 0.472 e. The van der Waals surface area contributed by atoms with Crippen LogP contribution in [0.4, 0.5) is 0 Å². The van der Waals surface area contributed by atoms with Gasteiger partial charge >= 0.3 is 0 Å². The monoisotopic (exact) mass is 425 g/mol. The summed E-state index contributed by atoms with van der Waals surface area (Å²) in [7, 11) is 1.73. The number of aliphatic hydroxyl groups excluding tert-OH is 1. The molecule has 1 aliphatic rings. The van der Waals surface area contributed by atoms with Crippen molar-refractivity contribution in [2.24, 2.45) is 5.92 Å². The number of aliphatic hydroxyl groups is 1. The Hall–Kier alpha value is -2.93. The highest BCUT2D eigenvalue weighted by Gasteiger charge is 2.34. The Labute approximate surface area is 183 Å². The summed E-state index contributed by atoms with van der Waals surface area (Å²) in [6, 6.07) is 9.46. The quantitative estimate of drug-likeness (QED) is 0.797. The smallest absolute Gasteiger partial charge is 0.259 e. The fourth-order valence-corrected chi connectivity index (χ4v) is 3.62. The average molecular weight is 426 g/mol. The molecule has 3 rings (SSSR count). The number of carbonyl (C=O) groups excluding carboxylic acids is 2. The van der Waals surface area contributed by atoms with Crippen LogP contribution in [-0.2, 0) is 4.79 Å². The zero-order valence-electron chi connectivity index (χ0n) is 18.8. The molecule has 7 heteroatoms. The first-order chi connectivity index (χ1) is 14.7. The van der Waals surface area contributed by atoms with Crippen molar-refractivity contribution in [1.82, 2.24) is 14.8 Å². The number of amides is 2. The Kier molecular flexibility index (Phi) is 6.95. The van der Waals surface area contributed by atoms with Crippen LogP contribution >= 0.6 is 0 Å². The zero-order chi connectivity index (χ0) is 22.7. The van der Waals surface area contributed by atoms with E-state index in [1.807, 2.05) is 45.0 Å². The maximum Gasteiger partial charge on any atom is 0.259 e. The van der Waals surface area contributed by atoms with E-state index in [1.54, 1.807) is 29.1 Å². The van der Waals surface area contributed by atoms with Crippen LogP contribution in [0.1, 0.15) is 36.7 Å². The maximum absolute atomic E-state index is 13.4. The van der Waals surface area contributed by atoms with Crippen LogP contribution in [0.25, 0.3) is 11.1 Å². The molecule has 2 aromatic rings. The van der Waals surface area contributed by atoms with E-state index in [9.17, 15) is 14.7 Å². The number of rotatable bonds is 5. The normalized spacial score (nSPS) is 19.7. The second-order valence-electron chi connectivity index (χ2n) is 8.46. The summed E-state index contributed by atoms with van der Waals surface area (Å²) in [4.78, 5) is 33.0. The number of ether oxygens (including phenoxy) is 1. The number of pyridine rings is 1. The van der Waals surface area contributed by atoms with Crippen LogP contribution in [0.3, 0.4) is 0 Å². The molecule has 0 unspecified atom stereocenters. The molecule has 0 aliphatic carbocycles. The Morgan fingerprint density at radius 1 is 1.32 bits per heavy atom. The first kappa shape index (κ1) is 22.7. The third kappa shape index (κ3) is 5.05. The molecule has 2 heterocycles. The van der Waals surface area contributed by atoms with Crippen LogP contribution in [0.5, 0.6) is 5.88 Å². The van der Waals surface area contributed by atoms with Crippen molar-refractivity contribution < 1.29 is 19.4 Å². The van der Waals surface area contributed by atoms with Gasteiger partial charge in [0.2, 0.25) is 11.8 Å². The van der Waals surface area contributed by atoms with E-state index in [4.69, 9.17) is 4.74 Å². The van der Waals surface area contributed by atoms with Crippen molar-refractivity contribution in [2.45, 2.75) is 39.8 Å². The number of likely N-dealkylation sites (N-methyl/N-ethyl adjacent to an activating group) is 1. The van der Waals surface area contributed by atoms with Crippen molar-refractivity contribution in [3.05, 3.63) is 47.7 Å². The highest BCUT2D eigenvalue weighted by molar-refractivity contribution is 5.98. The van der Waals surface area contributed by atoms with E-state index in [0.29, 0.717) is 18.7 Å². The maximum atomic E-state index is 13.4. The Morgan fingerprint density at radius 2 is 2.00 bits per heavy atom. The van der Waals surface area contributed by atoms with Crippen molar-refractivity contribution in [1.29, 1.82) is 0 Å². The highest BCUT2D eigenvalue weighted by Crippen LogP contribution is 2.30. The fourth-order valence-electron chi connectivity index (χ4n) is 3.62. The molecule has 2 amide bonds. The minimum absolute atomic E-state index is 0.0579. The van der Waals surface area contributed by atoms with Crippen LogP contribution in [0.15, 0.2) is 36.5 Å². The van der Waals surface area contributed by atoms with E-state index in [-0.39, 0.29) is 42.4 Å². The summed E-state index contributed by atoms with van der Waals surface area (Å²) in [6.45, 7) is 7.98. The number of fused-ring (bicyclic) bond motifs is 1. The minimum atomic E-state index is -0.352. The SMILES string of the molecule is CC(=O)N(C)C[C@H]1Oc2ncc(-c3ccc(C)cc3)cc2C(=O)N([C@H](C)CO)C[C@@H]1C. The van der Waals surface area contributed by atoms with E-state index in [2.05, 4.69) is 4.98 Å². The molecule has 1 aromatic heterocycles. The lowest BCUT2D eigenvalue weighted by molar-refractivity contribution is -0.129. The standard InChI is InChI=1S/C24H31N3O4/c1-15-6-8-19(9-7-15)20-10-21-23(25-11-20)31-22(13-26(5)18(4)29)16(2)12-27(24(21)30)17(3)14-28/h6-11,16-17,22,28H,12-14H2,1-5H3/t16-,17+,22+/m0/s1. The van der Waals surface area contributed by atoms with Crippen molar-refractivity contribution in [3.63, 3.8) is 0 Å². The van der Waals surface area contributed by atoms with Gasteiger partial charge in [0.05, 0.1) is 19.2 Å². The summed E-state index contributed by atoms with van der Waals surface area (Å²) in [5, 5.41) is 9.75. The van der Waals surface area contributed by atoms with Gasteiger partial charge in [-0.25, -0.2) is 4.98 Å². The molecule has 3 atom stereocenters. The highest BCUT2D eigenvalue weighted by atomic mass is 16.5. The molecule has 1 aliphatic heterocycles. The average Bonchev–Trinajstić information content (AvgIpc) is 2.75. The predicted molar refractivity (Wildman–Crippen MR) is 119 cm³/mol. The summed E-state index contributed by atoms with van der Waals surface area (Å²) < 4.78 is 6.20. The molecule has 31 heavy (non-hydrogen) atoms. The van der Waals surface area contributed by atoms with Gasteiger partial charge in [0, 0.05) is 38.2 Å². The van der Waals surface area contributed by atoms with Gasteiger partial charge in [0.1, 0.15) is 11.7 Å². The van der Waals surface area contributed by atoms with Gasteiger partial charge in [-0.15, -0.1) is 0 Å². The molecular formula is C24H31N3O4. The van der Waals surface area contributed by atoms with Gasteiger partial charge < -0.3 is 19.6 Å².